The average Bonchev–Trinajstić information content (AvgIpc) is 2.86. The molecule has 0 radical (unpaired) electrons. The number of aromatic nitrogens is 1. The van der Waals surface area contributed by atoms with Crippen molar-refractivity contribution in [3.05, 3.63) is 45.4 Å². The zero-order valence-electron chi connectivity index (χ0n) is 12.6. The van der Waals surface area contributed by atoms with Gasteiger partial charge in [-0.2, -0.15) is 0 Å². The lowest BCUT2D eigenvalue weighted by molar-refractivity contribution is -0.123. The second-order valence-electron chi connectivity index (χ2n) is 4.94. The number of hydrogen-bond donors (Lipinski definition) is 1. The third-order valence-electron chi connectivity index (χ3n) is 3.28. The fraction of sp³-hybridized carbons (Fsp3) is 0.375. The average molecular weight is 304 g/mol. The van der Waals surface area contributed by atoms with Gasteiger partial charge in [-0.3, -0.25) is 4.79 Å². The van der Waals surface area contributed by atoms with Crippen LogP contribution in [0.3, 0.4) is 0 Å². The number of nitrogens with one attached hydrogen (secondary N) is 1. The maximum Gasteiger partial charge on any atom is 0.257 e. The molecule has 0 aliphatic carbocycles. The molecule has 2 rings (SSSR count). The summed E-state index contributed by atoms with van der Waals surface area (Å²) < 4.78 is 5.56. The van der Waals surface area contributed by atoms with E-state index in [0.29, 0.717) is 6.54 Å². The molecular weight excluding hydrogens is 284 g/mol. The van der Waals surface area contributed by atoms with Gasteiger partial charge in [0.1, 0.15) is 5.75 Å². The molecular formula is C16H20N2O2S. The SMILES string of the molecule is Cc1nc(CCNC(=O)COc2cccc(C)c2C)cs1. The number of nitrogens with zero attached hydrogens (tertiary/aromatic N) is 1. The van der Waals surface area contributed by atoms with Gasteiger partial charge in [-0.05, 0) is 38.0 Å². The number of aryl methyl sites for hydroxylation is 2. The smallest absolute Gasteiger partial charge is 0.257 e. The molecule has 112 valence electrons. The molecule has 1 aromatic carbocycles. The van der Waals surface area contributed by atoms with E-state index in [4.69, 9.17) is 4.74 Å². The Hall–Kier alpha value is -1.88. The quantitative estimate of drug-likeness (QED) is 0.893. The Bertz CT molecular complexity index is 622. The molecule has 1 amide bonds. The molecule has 0 atom stereocenters. The maximum absolute atomic E-state index is 11.8. The van der Waals surface area contributed by atoms with Crippen LogP contribution in [0.5, 0.6) is 5.75 Å². The highest BCUT2D eigenvalue weighted by Gasteiger charge is 2.06. The Balaban J connectivity index is 1.73. The maximum atomic E-state index is 11.8. The molecule has 1 N–H and O–H groups in total. The van der Waals surface area contributed by atoms with Crippen molar-refractivity contribution in [3.63, 3.8) is 0 Å². The second kappa shape index (κ2) is 7.22. The van der Waals surface area contributed by atoms with E-state index in [-0.39, 0.29) is 12.5 Å². The minimum absolute atomic E-state index is 0.0421. The lowest BCUT2D eigenvalue weighted by Gasteiger charge is -2.10. The van der Waals surface area contributed by atoms with Crippen LogP contribution in [-0.4, -0.2) is 24.0 Å². The van der Waals surface area contributed by atoms with E-state index >= 15 is 0 Å². The molecule has 0 saturated carbocycles. The van der Waals surface area contributed by atoms with E-state index in [1.165, 1.54) is 0 Å². The Labute approximate surface area is 129 Å². The van der Waals surface area contributed by atoms with Crippen molar-refractivity contribution in [1.82, 2.24) is 10.3 Å². The van der Waals surface area contributed by atoms with Crippen LogP contribution in [0, 0.1) is 20.8 Å². The zero-order valence-corrected chi connectivity index (χ0v) is 13.4. The fourth-order valence-electron chi connectivity index (χ4n) is 1.93. The first-order chi connectivity index (χ1) is 10.1. The van der Waals surface area contributed by atoms with Gasteiger partial charge in [0.2, 0.25) is 0 Å². The summed E-state index contributed by atoms with van der Waals surface area (Å²) in [5.74, 6) is 0.656. The van der Waals surface area contributed by atoms with Gasteiger partial charge in [-0.1, -0.05) is 12.1 Å². The van der Waals surface area contributed by atoms with Gasteiger partial charge in [-0.15, -0.1) is 11.3 Å². The molecule has 0 fully saturated rings. The fourth-order valence-corrected chi connectivity index (χ4v) is 2.58. The van der Waals surface area contributed by atoms with Gasteiger partial charge in [0.05, 0.1) is 10.7 Å². The number of carbonyl (C=O) groups is 1. The molecule has 0 saturated heterocycles. The van der Waals surface area contributed by atoms with Crippen LogP contribution in [-0.2, 0) is 11.2 Å². The van der Waals surface area contributed by atoms with E-state index in [2.05, 4.69) is 10.3 Å². The highest BCUT2D eigenvalue weighted by molar-refractivity contribution is 7.09. The van der Waals surface area contributed by atoms with Gasteiger partial charge in [-0.25, -0.2) is 4.98 Å². The van der Waals surface area contributed by atoms with Crippen LogP contribution in [0.2, 0.25) is 0 Å². The summed E-state index contributed by atoms with van der Waals surface area (Å²) in [4.78, 5) is 16.1. The number of rotatable bonds is 6. The topological polar surface area (TPSA) is 51.2 Å². The number of benzene rings is 1. The third-order valence-corrected chi connectivity index (χ3v) is 4.11. The Morgan fingerprint density at radius 3 is 2.86 bits per heavy atom. The molecule has 0 bridgehead atoms. The number of amides is 1. The van der Waals surface area contributed by atoms with Crippen LogP contribution < -0.4 is 10.1 Å². The van der Waals surface area contributed by atoms with Crippen molar-refractivity contribution in [2.45, 2.75) is 27.2 Å². The van der Waals surface area contributed by atoms with Crippen molar-refractivity contribution in [3.8, 4) is 5.75 Å². The van der Waals surface area contributed by atoms with Gasteiger partial charge in [0.25, 0.3) is 5.91 Å². The van der Waals surface area contributed by atoms with Crippen LogP contribution >= 0.6 is 11.3 Å². The summed E-state index contributed by atoms with van der Waals surface area (Å²) in [6.45, 7) is 6.62. The normalized spacial score (nSPS) is 10.4. The molecule has 4 nitrogen and oxygen atoms in total. The minimum Gasteiger partial charge on any atom is -0.483 e. The van der Waals surface area contributed by atoms with Gasteiger partial charge >= 0.3 is 0 Å². The summed E-state index contributed by atoms with van der Waals surface area (Å²) in [5, 5.41) is 5.92. The van der Waals surface area contributed by atoms with Crippen molar-refractivity contribution in [2.24, 2.45) is 0 Å². The van der Waals surface area contributed by atoms with Crippen molar-refractivity contribution in [1.29, 1.82) is 0 Å². The molecule has 1 aromatic heterocycles. The van der Waals surface area contributed by atoms with Gasteiger partial charge in [0, 0.05) is 18.3 Å². The first-order valence-corrected chi connectivity index (χ1v) is 7.81. The van der Waals surface area contributed by atoms with E-state index in [0.717, 1.165) is 34.0 Å². The summed E-state index contributed by atoms with van der Waals surface area (Å²) in [6.07, 6.45) is 0.750. The zero-order chi connectivity index (χ0) is 15.2. The number of ether oxygens (including phenoxy) is 1. The third kappa shape index (κ3) is 4.56. The summed E-state index contributed by atoms with van der Waals surface area (Å²) in [6, 6.07) is 5.84. The minimum atomic E-state index is -0.108. The highest BCUT2D eigenvalue weighted by Crippen LogP contribution is 2.20. The molecule has 21 heavy (non-hydrogen) atoms. The van der Waals surface area contributed by atoms with E-state index < -0.39 is 0 Å². The molecule has 2 aromatic rings. The van der Waals surface area contributed by atoms with Crippen LogP contribution in [0.25, 0.3) is 0 Å². The highest BCUT2D eigenvalue weighted by atomic mass is 32.1. The van der Waals surface area contributed by atoms with E-state index in [9.17, 15) is 4.79 Å². The molecule has 0 spiro atoms. The van der Waals surface area contributed by atoms with Crippen LogP contribution in [0.1, 0.15) is 21.8 Å². The second-order valence-corrected chi connectivity index (χ2v) is 6.01. The monoisotopic (exact) mass is 304 g/mol. The standard InChI is InChI=1S/C16H20N2O2S/c1-11-5-4-6-15(12(11)2)20-9-16(19)17-8-7-14-10-21-13(3)18-14/h4-6,10H,7-9H2,1-3H3,(H,17,19). The first-order valence-electron chi connectivity index (χ1n) is 6.93. The summed E-state index contributed by atoms with van der Waals surface area (Å²) in [5.41, 5.74) is 3.25. The molecule has 0 unspecified atom stereocenters. The van der Waals surface area contributed by atoms with Crippen molar-refractivity contribution in [2.75, 3.05) is 13.2 Å². The number of carbonyl (C=O) groups excluding carboxylic acids is 1. The lowest BCUT2D eigenvalue weighted by Crippen LogP contribution is -2.30. The van der Waals surface area contributed by atoms with Gasteiger partial charge < -0.3 is 10.1 Å². The Kier molecular flexibility index (Phi) is 5.33. The summed E-state index contributed by atoms with van der Waals surface area (Å²) in [7, 11) is 0. The van der Waals surface area contributed by atoms with Crippen LogP contribution in [0.4, 0.5) is 0 Å². The largest absolute Gasteiger partial charge is 0.483 e. The summed E-state index contributed by atoms with van der Waals surface area (Å²) >= 11 is 1.63. The van der Waals surface area contributed by atoms with Crippen molar-refractivity contribution >= 4 is 17.2 Å². The predicted octanol–water partition coefficient (Wildman–Crippen LogP) is 2.81. The first kappa shape index (κ1) is 15.5. The van der Waals surface area contributed by atoms with E-state index in [1.54, 1.807) is 11.3 Å². The lowest BCUT2D eigenvalue weighted by atomic mass is 10.1. The molecule has 0 aliphatic heterocycles. The molecule has 0 aliphatic rings. The van der Waals surface area contributed by atoms with Crippen LogP contribution in [0.15, 0.2) is 23.6 Å². The number of hydrogen-bond acceptors (Lipinski definition) is 4. The predicted molar refractivity (Wildman–Crippen MR) is 85.0 cm³/mol. The Morgan fingerprint density at radius 1 is 1.33 bits per heavy atom. The van der Waals surface area contributed by atoms with Crippen molar-refractivity contribution < 1.29 is 9.53 Å². The van der Waals surface area contributed by atoms with E-state index in [1.807, 2.05) is 44.4 Å². The molecule has 1 heterocycles. The Morgan fingerprint density at radius 2 is 2.14 bits per heavy atom. The number of thiazole rings is 1. The van der Waals surface area contributed by atoms with Gasteiger partial charge in [0.15, 0.2) is 6.61 Å². The molecule has 5 heteroatoms.